The Morgan fingerprint density at radius 1 is 1.18 bits per heavy atom. The number of hydrogen-bond donors (Lipinski definition) is 6. The van der Waals surface area contributed by atoms with Crippen molar-refractivity contribution in [1.82, 2.24) is 4.72 Å². The molecule has 17 heavy (non-hydrogen) atoms. The van der Waals surface area contributed by atoms with Crippen LogP contribution in [-0.2, 0) is 15.1 Å². The maximum Gasteiger partial charge on any atom is 0.334 e. The van der Waals surface area contributed by atoms with Crippen LogP contribution in [-0.4, -0.2) is 122 Å². The van der Waals surface area contributed by atoms with Crippen LogP contribution in [0.5, 0.6) is 0 Å². The van der Waals surface area contributed by atoms with Crippen molar-refractivity contribution in [3.8, 4) is 0 Å². The second-order valence-corrected chi connectivity index (χ2v) is 4.17. The standard InChI is InChI=1S/C6H13NO8S.K/c8-1-3(7-16(13,14)15)5(11)6(12)4(10)2-9;/h1,3-7,9-12H,2H2,(H,13,14,15);/t3-,4-,5-,6-;/m1./s1. The topological polar surface area (TPSA) is 164 Å². The molecule has 0 aromatic carbocycles. The first-order valence-corrected chi connectivity index (χ1v) is 5.52. The van der Waals surface area contributed by atoms with E-state index in [0.717, 1.165) is 0 Å². The summed E-state index contributed by atoms with van der Waals surface area (Å²) >= 11 is 0. The number of nitrogens with one attached hydrogen (secondary N) is 1. The molecular weight excluding hydrogens is 285 g/mol. The van der Waals surface area contributed by atoms with Gasteiger partial charge in [0.15, 0.2) is 0 Å². The zero-order chi connectivity index (χ0) is 12.9. The third kappa shape index (κ3) is 7.92. The summed E-state index contributed by atoms with van der Waals surface area (Å²) in [5.74, 6) is 0. The van der Waals surface area contributed by atoms with Gasteiger partial charge in [-0.1, -0.05) is 0 Å². The SMILES string of the molecule is O=C[C@@H](NS(=O)(=O)O)[C@@H](O)[C@H](O)[C@H](O)CO.[K]. The van der Waals surface area contributed by atoms with Crippen LogP contribution >= 0.6 is 0 Å². The molecular formula is C6H13KNO8S. The smallest absolute Gasteiger partial charge is 0.334 e. The van der Waals surface area contributed by atoms with Gasteiger partial charge in [-0.25, -0.2) is 0 Å². The average Bonchev–Trinajstić information content (AvgIpc) is 2.21. The van der Waals surface area contributed by atoms with E-state index >= 15 is 0 Å². The van der Waals surface area contributed by atoms with Crippen LogP contribution in [0.4, 0.5) is 0 Å². The Kier molecular flexibility index (Phi) is 10.8. The fourth-order valence-electron chi connectivity index (χ4n) is 0.898. The van der Waals surface area contributed by atoms with Gasteiger partial charge in [0, 0.05) is 51.4 Å². The van der Waals surface area contributed by atoms with Crippen LogP contribution in [0.25, 0.3) is 0 Å². The number of carbonyl (C=O) groups excluding carboxylic acids is 1. The summed E-state index contributed by atoms with van der Waals surface area (Å²) in [4.78, 5) is 10.4. The Bertz CT molecular complexity index is 322. The predicted octanol–water partition coefficient (Wildman–Crippen LogP) is -4.36. The first kappa shape index (κ1) is 20.3. The molecule has 0 saturated carbocycles. The number of aldehydes is 1. The second kappa shape index (κ2) is 9.01. The third-order valence-corrected chi connectivity index (χ3v) is 2.30. The normalized spacial score (nSPS) is 18.6. The summed E-state index contributed by atoms with van der Waals surface area (Å²) in [5.41, 5.74) is 0. The van der Waals surface area contributed by atoms with Crippen molar-refractivity contribution in [3.63, 3.8) is 0 Å². The molecule has 9 nitrogen and oxygen atoms in total. The molecule has 0 rings (SSSR count). The van der Waals surface area contributed by atoms with Crippen molar-refractivity contribution in [3.05, 3.63) is 0 Å². The quantitative estimate of drug-likeness (QED) is 0.156. The molecule has 0 saturated heterocycles. The van der Waals surface area contributed by atoms with Crippen LogP contribution in [0.2, 0.25) is 0 Å². The molecule has 0 fully saturated rings. The van der Waals surface area contributed by atoms with Crippen LogP contribution in [0.15, 0.2) is 0 Å². The van der Waals surface area contributed by atoms with Crippen LogP contribution in [0.3, 0.4) is 0 Å². The Morgan fingerprint density at radius 3 is 1.94 bits per heavy atom. The molecule has 4 atom stereocenters. The van der Waals surface area contributed by atoms with E-state index in [4.69, 9.17) is 19.9 Å². The molecule has 0 aromatic heterocycles. The van der Waals surface area contributed by atoms with Gasteiger partial charge < -0.3 is 25.2 Å². The molecule has 0 aliphatic rings. The number of rotatable bonds is 7. The Morgan fingerprint density at radius 2 is 1.65 bits per heavy atom. The summed E-state index contributed by atoms with van der Waals surface area (Å²) < 4.78 is 30.4. The molecule has 0 unspecified atom stereocenters. The predicted molar refractivity (Wildman–Crippen MR) is 55.4 cm³/mol. The van der Waals surface area contributed by atoms with E-state index in [1.165, 1.54) is 4.72 Å². The van der Waals surface area contributed by atoms with Crippen molar-refractivity contribution in [2.45, 2.75) is 24.4 Å². The van der Waals surface area contributed by atoms with E-state index in [-0.39, 0.29) is 57.7 Å². The number of hydrogen-bond acceptors (Lipinski definition) is 7. The van der Waals surface area contributed by atoms with Crippen molar-refractivity contribution in [2.24, 2.45) is 0 Å². The van der Waals surface area contributed by atoms with E-state index in [1.807, 2.05) is 0 Å². The molecule has 0 spiro atoms. The minimum absolute atomic E-state index is 0. The second-order valence-electron chi connectivity index (χ2n) is 2.99. The van der Waals surface area contributed by atoms with Crippen molar-refractivity contribution < 1.29 is 38.2 Å². The zero-order valence-corrected chi connectivity index (χ0v) is 12.9. The number of aliphatic hydroxyl groups is 4. The number of carbonyl (C=O) groups is 1. The fourth-order valence-corrected chi connectivity index (χ4v) is 1.44. The van der Waals surface area contributed by atoms with Gasteiger partial charge in [-0.15, -0.1) is 0 Å². The van der Waals surface area contributed by atoms with E-state index in [9.17, 15) is 18.3 Å². The molecule has 11 heteroatoms. The van der Waals surface area contributed by atoms with Crippen molar-refractivity contribution in [2.75, 3.05) is 6.61 Å². The fraction of sp³-hybridized carbons (Fsp3) is 0.833. The molecule has 0 aliphatic carbocycles. The average molecular weight is 298 g/mol. The van der Waals surface area contributed by atoms with E-state index in [2.05, 4.69) is 0 Å². The largest absolute Gasteiger partial charge is 0.394 e. The van der Waals surface area contributed by atoms with Gasteiger partial charge >= 0.3 is 10.3 Å². The summed E-state index contributed by atoms with van der Waals surface area (Å²) in [6, 6.07) is -1.84. The molecule has 0 aromatic rings. The van der Waals surface area contributed by atoms with Gasteiger partial charge in [0.2, 0.25) is 0 Å². The van der Waals surface area contributed by atoms with Crippen LogP contribution < -0.4 is 4.72 Å². The Hall–Kier alpha value is 1.02. The summed E-state index contributed by atoms with van der Waals surface area (Å²) in [6.07, 6.45) is -5.79. The molecule has 1 radical (unpaired) electrons. The zero-order valence-electron chi connectivity index (χ0n) is 8.96. The molecule has 6 N–H and O–H groups in total. The molecule has 0 heterocycles. The van der Waals surface area contributed by atoms with Crippen molar-refractivity contribution >= 4 is 68.0 Å². The van der Waals surface area contributed by atoms with Crippen LogP contribution in [0, 0.1) is 0 Å². The maximum absolute atomic E-state index is 10.4. The minimum Gasteiger partial charge on any atom is -0.394 e. The molecule has 0 bridgehead atoms. The molecule has 0 amide bonds. The molecule has 0 aliphatic heterocycles. The maximum atomic E-state index is 10.4. The van der Waals surface area contributed by atoms with Gasteiger partial charge in [0.25, 0.3) is 0 Å². The van der Waals surface area contributed by atoms with E-state index in [0.29, 0.717) is 0 Å². The van der Waals surface area contributed by atoms with E-state index in [1.54, 1.807) is 0 Å². The van der Waals surface area contributed by atoms with Gasteiger partial charge in [-0.3, -0.25) is 4.55 Å². The summed E-state index contributed by atoms with van der Waals surface area (Å²) in [5, 5.41) is 35.8. The van der Waals surface area contributed by atoms with Gasteiger partial charge in [0.1, 0.15) is 30.6 Å². The monoisotopic (exact) mass is 298 g/mol. The summed E-state index contributed by atoms with van der Waals surface area (Å²) in [7, 11) is -4.74. The Labute approximate surface area is 140 Å². The number of aliphatic hydroxyl groups excluding tert-OH is 4. The third-order valence-electron chi connectivity index (χ3n) is 1.73. The summed E-state index contributed by atoms with van der Waals surface area (Å²) in [6.45, 7) is -0.893. The van der Waals surface area contributed by atoms with Crippen LogP contribution in [0.1, 0.15) is 0 Å². The minimum atomic E-state index is -4.74. The first-order valence-electron chi connectivity index (χ1n) is 4.08. The van der Waals surface area contributed by atoms with Crippen molar-refractivity contribution in [1.29, 1.82) is 0 Å². The first-order chi connectivity index (χ1) is 7.22. The molecule has 97 valence electrons. The Balaban J connectivity index is 0. The van der Waals surface area contributed by atoms with Gasteiger partial charge in [-0.05, 0) is 0 Å². The van der Waals surface area contributed by atoms with E-state index < -0.39 is 41.3 Å². The van der Waals surface area contributed by atoms with Gasteiger partial charge in [-0.2, -0.15) is 13.1 Å². The van der Waals surface area contributed by atoms with Gasteiger partial charge in [0.05, 0.1) is 6.61 Å².